The van der Waals surface area contributed by atoms with Crippen molar-refractivity contribution in [2.75, 3.05) is 18.0 Å². The van der Waals surface area contributed by atoms with Crippen LogP contribution < -0.4 is 4.90 Å². The Balaban J connectivity index is 1.50. The van der Waals surface area contributed by atoms with Gasteiger partial charge in [0.05, 0.1) is 16.8 Å². The van der Waals surface area contributed by atoms with Gasteiger partial charge < -0.3 is 10.0 Å². The molecule has 0 saturated carbocycles. The predicted octanol–water partition coefficient (Wildman–Crippen LogP) is 4.54. The Labute approximate surface area is 169 Å². The maximum Gasteiger partial charge on any atom is 0.186 e. The lowest BCUT2D eigenvalue weighted by Crippen LogP contribution is -2.56. The van der Waals surface area contributed by atoms with Crippen molar-refractivity contribution in [2.45, 2.75) is 39.1 Å². The van der Waals surface area contributed by atoms with Crippen molar-refractivity contribution in [3.63, 3.8) is 0 Å². The third kappa shape index (κ3) is 3.97. The summed E-state index contributed by atoms with van der Waals surface area (Å²) in [4.78, 5) is 9.77. The molecule has 2 heterocycles. The largest absolute Gasteiger partial charge is 0.392 e. The normalized spacial score (nSPS) is 21.1. The summed E-state index contributed by atoms with van der Waals surface area (Å²) in [7, 11) is 0. The van der Waals surface area contributed by atoms with Crippen LogP contribution in [-0.2, 0) is 13.2 Å². The molecule has 4 rings (SSSR count). The van der Waals surface area contributed by atoms with E-state index in [9.17, 15) is 5.11 Å². The van der Waals surface area contributed by atoms with E-state index in [-0.39, 0.29) is 6.61 Å². The highest BCUT2D eigenvalue weighted by Gasteiger charge is 2.30. The minimum absolute atomic E-state index is 0.0925. The van der Waals surface area contributed by atoms with Crippen molar-refractivity contribution >= 4 is 38.3 Å². The van der Waals surface area contributed by atoms with E-state index in [0.717, 1.165) is 45.6 Å². The Bertz CT molecular complexity index is 944. The Morgan fingerprint density at radius 1 is 1.11 bits per heavy atom. The monoisotopic (exact) mass is 401 g/mol. The summed E-state index contributed by atoms with van der Waals surface area (Å²) < 4.78 is 1.14. The zero-order valence-corrected chi connectivity index (χ0v) is 17.2. The van der Waals surface area contributed by atoms with Crippen LogP contribution in [0, 0.1) is 0 Å². The van der Waals surface area contributed by atoms with Crippen LogP contribution in [-0.4, -0.2) is 40.2 Å². The molecule has 0 aliphatic carbocycles. The molecular formula is C21H24ClN3OS. The fourth-order valence-corrected chi connectivity index (χ4v) is 5.11. The molecule has 2 aromatic carbocycles. The quantitative estimate of drug-likeness (QED) is 0.696. The van der Waals surface area contributed by atoms with E-state index in [1.54, 1.807) is 11.3 Å². The third-order valence-corrected chi connectivity index (χ3v) is 6.55. The fourth-order valence-electron chi connectivity index (χ4n) is 3.75. The summed E-state index contributed by atoms with van der Waals surface area (Å²) in [6.45, 7) is 7.48. The number of halogens is 1. The lowest BCUT2D eigenvalue weighted by atomic mass is 10.1. The van der Waals surface area contributed by atoms with Crippen molar-refractivity contribution in [2.24, 2.45) is 0 Å². The SMILES string of the molecule is CC1CN(c2nc3ccc(Cl)cc3s2)C(C)CN1Cc1cccc(CO)c1. The van der Waals surface area contributed by atoms with Crippen LogP contribution in [0.25, 0.3) is 10.2 Å². The fraction of sp³-hybridized carbons (Fsp3) is 0.381. The number of hydrogen-bond acceptors (Lipinski definition) is 5. The van der Waals surface area contributed by atoms with Crippen LogP contribution >= 0.6 is 22.9 Å². The zero-order chi connectivity index (χ0) is 19.0. The summed E-state index contributed by atoms with van der Waals surface area (Å²) in [5.41, 5.74) is 3.24. The number of thiazole rings is 1. The number of aliphatic hydroxyl groups excluding tert-OH is 1. The number of aliphatic hydroxyl groups is 1. The summed E-state index contributed by atoms with van der Waals surface area (Å²) in [6, 6.07) is 14.9. The molecule has 1 N–H and O–H groups in total. The molecule has 4 nitrogen and oxygen atoms in total. The Hall–Kier alpha value is -1.66. The van der Waals surface area contributed by atoms with Crippen molar-refractivity contribution in [3.05, 3.63) is 58.6 Å². The van der Waals surface area contributed by atoms with Gasteiger partial charge >= 0.3 is 0 Å². The molecule has 142 valence electrons. The van der Waals surface area contributed by atoms with Crippen LogP contribution in [0.3, 0.4) is 0 Å². The second-order valence-corrected chi connectivity index (χ2v) is 8.81. The molecule has 6 heteroatoms. The van der Waals surface area contributed by atoms with E-state index >= 15 is 0 Å². The van der Waals surface area contributed by atoms with Crippen molar-refractivity contribution in [1.82, 2.24) is 9.88 Å². The van der Waals surface area contributed by atoms with Gasteiger partial charge in [-0.25, -0.2) is 4.98 Å². The van der Waals surface area contributed by atoms with Gasteiger partial charge in [0.15, 0.2) is 5.13 Å². The number of piperazine rings is 1. The number of rotatable bonds is 4. The van der Waals surface area contributed by atoms with E-state index in [1.165, 1.54) is 5.56 Å². The Morgan fingerprint density at radius 2 is 1.93 bits per heavy atom. The molecule has 2 unspecified atom stereocenters. The van der Waals surface area contributed by atoms with Crippen molar-refractivity contribution < 1.29 is 5.11 Å². The van der Waals surface area contributed by atoms with Gasteiger partial charge in [0, 0.05) is 36.7 Å². The first-order chi connectivity index (χ1) is 13.0. The minimum atomic E-state index is 0.0925. The predicted molar refractivity (Wildman–Crippen MR) is 114 cm³/mol. The number of nitrogens with zero attached hydrogens (tertiary/aromatic N) is 3. The highest BCUT2D eigenvalue weighted by Crippen LogP contribution is 2.33. The number of fused-ring (bicyclic) bond motifs is 1. The summed E-state index contributed by atoms with van der Waals surface area (Å²) in [5.74, 6) is 0. The first-order valence-electron chi connectivity index (χ1n) is 9.29. The minimum Gasteiger partial charge on any atom is -0.392 e. The molecule has 0 amide bonds. The van der Waals surface area contributed by atoms with E-state index in [1.807, 2.05) is 30.3 Å². The van der Waals surface area contributed by atoms with E-state index in [0.29, 0.717) is 12.1 Å². The maximum absolute atomic E-state index is 9.37. The van der Waals surface area contributed by atoms with E-state index in [4.69, 9.17) is 16.6 Å². The molecular weight excluding hydrogens is 378 g/mol. The number of hydrogen-bond donors (Lipinski definition) is 1. The topological polar surface area (TPSA) is 39.6 Å². The Morgan fingerprint density at radius 3 is 2.74 bits per heavy atom. The second kappa shape index (κ2) is 7.76. The van der Waals surface area contributed by atoms with Gasteiger partial charge in [-0.1, -0.05) is 47.2 Å². The van der Waals surface area contributed by atoms with Crippen LogP contribution in [0.5, 0.6) is 0 Å². The average molecular weight is 402 g/mol. The molecule has 1 fully saturated rings. The summed E-state index contributed by atoms with van der Waals surface area (Å²) in [5, 5.41) is 11.2. The van der Waals surface area contributed by atoms with Crippen LogP contribution in [0.2, 0.25) is 5.02 Å². The smallest absolute Gasteiger partial charge is 0.186 e. The highest BCUT2D eigenvalue weighted by atomic mass is 35.5. The maximum atomic E-state index is 9.37. The molecule has 3 aromatic rings. The van der Waals surface area contributed by atoms with Gasteiger partial charge in [-0.05, 0) is 43.2 Å². The first kappa shape index (κ1) is 18.7. The molecule has 27 heavy (non-hydrogen) atoms. The van der Waals surface area contributed by atoms with E-state index in [2.05, 4.69) is 35.8 Å². The van der Waals surface area contributed by atoms with Crippen molar-refractivity contribution in [1.29, 1.82) is 0 Å². The molecule has 0 bridgehead atoms. The lowest BCUT2D eigenvalue weighted by Gasteiger charge is -2.44. The molecule has 1 saturated heterocycles. The molecule has 0 radical (unpaired) electrons. The summed E-state index contributed by atoms with van der Waals surface area (Å²) in [6.07, 6.45) is 0. The third-order valence-electron chi connectivity index (χ3n) is 5.26. The molecule has 0 spiro atoms. The summed E-state index contributed by atoms with van der Waals surface area (Å²) >= 11 is 7.84. The molecule has 1 aliphatic rings. The highest BCUT2D eigenvalue weighted by molar-refractivity contribution is 7.22. The number of aromatic nitrogens is 1. The molecule has 2 atom stereocenters. The van der Waals surface area contributed by atoms with Crippen LogP contribution in [0.15, 0.2) is 42.5 Å². The van der Waals surface area contributed by atoms with Gasteiger partial charge in [0.25, 0.3) is 0 Å². The van der Waals surface area contributed by atoms with Crippen LogP contribution in [0.1, 0.15) is 25.0 Å². The van der Waals surface area contributed by atoms with Gasteiger partial charge in [0.2, 0.25) is 0 Å². The van der Waals surface area contributed by atoms with Crippen LogP contribution in [0.4, 0.5) is 5.13 Å². The second-order valence-electron chi connectivity index (χ2n) is 7.37. The molecule has 1 aliphatic heterocycles. The number of benzene rings is 2. The van der Waals surface area contributed by atoms with Crippen molar-refractivity contribution in [3.8, 4) is 0 Å². The van der Waals surface area contributed by atoms with Gasteiger partial charge in [-0.2, -0.15) is 0 Å². The van der Waals surface area contributed by atoms with Gasteiger partial charge in [-0.15, -0.1) is 0 Å². The van der Waals surface area contributed by atoms with Gasteiger partial charge in [0.1, 0.15) is 0 Å². The number of anilines is 1. The molecule has 1 aromatic heterocycles. The lowest BCUT2D eigenvalue weighted by molar-refractivity contribution is 0.158. The zero-order valence-electron chi connectivity index (χ0n) is 15.6. The first-order valence-corrected chi connectivity index (χ1v) is 10.5. The average Bonchev–Trinajstić information content (AvgIpc) is 3.07. The standard InChI is InChI=1S/C21H24ClN3OS/c1-14-11-25(21-23-19-7-6-18(22)9-20(19)27-21)15(2)10-24(14)12-16-4-3-5-17(8-16)13-26/h3-9,14-15,26H,10-13H2,1-2H3. The van der Waals surface area contributed by atoms with E-state index < -0.39 is 0 Å². The van der Waals surface area contributed by atoms with Gasteiger partial charge in [-0.3, -0.25) is 4.90 Å². The Kier molecular flexibility index (Phi) is 5.37.